The summed E-state index contributed by atoms with van der Waals surface area (Å²) in [5.41, 5.74) is 2.88. The molecule has 0 aliphatic carbocycles. The van der Waals surface area contributed by atoms with E-state index in [1.807, 2.05) is 36.4 Å². The van der Waals surface area contributed by atoms with Crippen LogP contribution >= 0.6 is 23.2 Å². The predicted molar refractivity (Wildman–Crippen MR) is 213 cm³/mol. The summed E-state index contributed by atoms with van der Waals surface area (Å²) >= 11 is 12.1. The number of ether oxygens (including phenoxy) is 3. The van der Waals surface area contributed by atoms with E-state index in [2.05, 4.69) is 40.6 Å². The van der Waals surface area contributed by atoms with Gasteiger partial charge in [-0.1, -0.05) is 48.2 Å². The zero-order valence-electron chi connectivity index (χ0n) is 30.4. The number of amides is 2. The molecule has 6 rings (SSSR count). The van der Waals surface area contributed by atoms with Gasteiger partial charge < -0.3 is 35.1 Å². The molecule has 2 saturated heterocycles. The molecule has 2 aliphatic rings. The van der Waals surface area contributed by atoms with Crippen LogP contribution in [-0.2, 0) is 11.3 Å². The molecule has 0 spiro atoms. The maximum Gasteiger partial charge on any atom is 0.323 e. The van der Waals surface area contributed by atoms with Crippen LogP contribution in [0.1, 0.15) is 31.2 Å². The van der Waals surface area contributed by atoms with Crippen LogP contribution in [0.2, 0.25) is 10.0 Å². The number of morpholine rings is 1. The lowest BCUT2D eigenvalue weighted by atomic mass is 10.1. The van der Waals surface area contributed by atoms with E-state index in [1.54, 1.807) is 25.3 Å². The lowest BCUT2D eigenvalue weighted by Gasteiger charge is -2.36. The van der Waals surface area contributed by atoms with E-state index < -0.39 is 6.03 Å². The Bertz CT molecular complexity index is 1790. The molecule has 53 heavy (non-hydrogen) atoms. The first-order valence-corrected chi connectivity index (χ1v) is 19.3. The van der Waals surface area contributed by atoms with Gasteiger partial charge in [0.05, 0.1) is 42.5 Å². The molecule has 0 radical (unpaired) electrons. The number of methoxy groups -OCH3 is 1. The summed E-state index contributed by atoms with van der Waals surface area (Å²) in [6.07, 6.45) is 6.03. The summed E-state index contributed by atoms with van der Waals surface area (Å²) in [6.45, 7) is 13.1. The number of benzene rings is 3. The monoisotopic (exact) mass is 764 g/mol. The van der Waals surface area contributed by atoms with Crippen LogP contribution in [0.3, 0.4) is 0 Å². The highest BCUT2D eigenvalue weighted by Crippen LogP contribution is 2.34. The van der Waals surface area contributed by atoms with Crippen molar-refractivity contribution >= 4 is 57.3 Å². The van der Waals surface area contributed by atoms with Crippen molar-refractivity contribution in [3.63, 3.8) is 0 Å². The van der Waals surface area contributed by atoms with Gasteiger partial charge in [-0.15, -0.1) is 0 Å². The molecule has 0 bridgehead atoms. The molecule has 0 atom stereocenters. The number of nitrogens with zero attached hydrogens (tertiary/aromatic N) is 5. The van der Waals surface area contributed by atoms with Crippen LogP contribution < -0.4 is 25.4 Å². The highest BCUT2D eigenvalue weighted by atomic mass is 35.5. The van der Waals surface area contributed by atoms with Crippen molar-refractivity contribution in [1.29, 1.82) is 0 Å². The Morgan fingerprint density at radius 2 is 1.49 bits per heavy atom. The number of hydrogen-bond acceptors (Lipinski definition) is 10. The lowest BCUT2D eigenvalue weighted by Crippen LogP contribution is -2.49. The van der Waals surface area contributed by atoms with E-state index in [0.717, 1.165) is 62.2 Å². The Hall–Kier alpha value is -3.91. The van der Waals surface area contributed by atoms with Crippen molar-refractivity contribution in [1.82, 2.24) is 24.7 Å². The van der Waals surface area contributed by atoms with E-state index in [4.69, 9.17) is 37.4 Å². The SMILES string of the molecule is COc1cc2ncnc(NCc3cccc(NC(=O)Nc4ccc(Cl)c(Cl)c4)c3)c2cc1OCCCCCCN1CCN(CCN2CCOCC2)CC1. The molecule has 3 aromatic carbocycles. The van der Waals surface area contributed by atoms with Gasteiger partial charge in [0, 0.05) is 81.7 Å². The topological polar surface area (TPSA) is 116 Å². The molecule has 2 fully saturated rings. The van der Waals surface area contributed by atoms with Gasteiger partial charge >= 0.3 is 6.03 Å². The summed E-state index contributed by atoms with van der Waals surface area (Å²) in [4.78, 5) is 29.3. The lowest BCUT2D eigenvalue weighted by molar-refractivity contribution is 0.0299. The third-order valence-electron chi connectivity index (χ3n) is 9.67. The number of nitrogens with one attached hydrogen (secondary N) is 3. The standard InChI is InChI=1S/C39H50Cl2N8O4/c1-51-36-26-35-32(25-37(36)53-20-5-3-2-4-11-47-12-14-48(15-13-47)16-17-49-18-21-52-22-19-49)38(44-28-43-35)42-27-29-7-6-8-30(23-29)45-39(50)46-31-9-10-33(40)34(41)24-31/h6-10,23-26,28H,2-5,11-22,27H2,1H3,(H,42,43,44)(H2,45,46,50). The van der Waals surface area contributed by atoms with Gasteiger partial charge in [0.1, 0.15) is 12.1 Å². The molecule has 12 nitrogen and oxygen atoms in total. The maximum absolute atomic E-state index is 12.6. The molecule has 284 valence electrons. The second-order valence-corrected chi connectivity index (χ2v) is 14.2. The van der Waals surface area contributed by atoms with Crippen LogP contribution in [0.25, 0.3) is 10.9 Å². The molecule has 2 amide bonds. The molecular formula is C39H50Cl2N8O4. The number of rotatable bonds is 17. The number of anilines is 3. The Morgan fingerprint density at radius 1 is 0.774 bits per heavy atom. The minimum absolute atomic E-state index is 0.365. The van der Waals surface area contributed by atoms with Crippen LogP contribution in [0.15, 0.2) is 60.9 Å². The number of aromatic nitrogens is 2. The largest absolute Gasteiger partial charge is 0.493 e. The van der Waals surface area contributed by atoms with Crippen LogP contribution in [0, 0.1) is 0 Å². The van der Waals surface area contributed by atoms with E-state index in [0.29, 0.717) is 51.9 Å². The van der Waals surface area contributed by atoms with Gasteiger partial charge in [-0.2, -0.15) is 0 Å². The van der Waals surface area contributed by atoms with Crippen LogP contribution in [-0.4, -0.2) is 117 Å². The third-order valence-corrected chi connectivity index (χ3v) is 10.4. The van der Waals surface area contributed by atoms with E-state index in [9.17, 15) is 4.79 Å². The molecule has 14 heteroatoms. The second kappa shape index (κ2) is 20.0. The highest BCUT2D eigenvalue weighted by Gasteiger charge is 2.18. The number of hydrogen-bond donors (Lipinski definition) is 3. The van der Waals surface area contributed by atoms with Crippen molar-refractivity contribution in [3.05, 3.63) is 76.5 Å². The van der Waals surface area contributed by atoms with Gasteiger partial charge in [0.25, 0.3) is 0 Å². The van der Waals surface area contributed by atoms with E-state index in [1.165, 1.54) is 58.4 Å². The molecule has 0 unspecified atom stereocenters. The van der Waals surface area contributed by atoms with Crippen molar-refractivity contribution in [3.8, 4) is 11.5 Å². The number of unbranched alkanes of at least 4 members (excludes halogenated alkanes) is 3. The molecule has 0 saturated carbocycles. The smallest absolute Gasteiger partial charge is 0.323 e. The summed E-state index contributed by atoms with van der Waals surface area (Å²) in [6, 6.07) is 15.9. The fourth-order valence-electron chi connectivity index (χ4n) is 6.61. The molecule has 3 heterocycles. The minimum Gasteiger partial charge on any atom is -0.493 e. The first-order valence-electron chi connectivity index (χ1n) is 18.5. The van der Waals surface area contributed by atoms with Gasteiger partial charge in [-0.05, 0) is 61.3 Å². The first kappa shape index (κ1) is 38.8. The van der Waals surface area contributed by atoms with Crippen molar-refractivity contribution < 1.29 is 19.0 Å². The molecule has 2 aliphatic heterocycles. The van der Waals surface area contributed by atoms with E-state index in [-0.39, 0.29) is 0 Å². The summed E-state index contributed by atoms with van der Waals surface area (Å²) in [5, 5.41) is 10.7. The van der Waals surface area contributed by atoms with Crippen LogP contribution in [0.5, 0.6) is 11.5 Å². The summed E-state index contributed by atoms with van der Waals surface area (Å²) < 4.78 is 17.4. The minimum atomic E-state index is -0.392. The van der Waals surface area contributed by atoms with Crippen molar-refractivity contribution in [2.24, 2.45) is 0 Å². The van der Waals surface area contributed by atoms with Gasteiger partial charge in [-0.3, -0.25) is 9.80 Å². The van der Waals surface area contributed by atoms with Gasteiger partial charge in [0.2, 0.25) is 0 Å². The van der Waals surface area contributed by atoms with Crippen molar-refractivity contribution in [2.75, 3.05) is 102 Å². The first-order chi connectivity index (χ1) is 25.9. The zero-order chi connectivity index (χ0) is 36.8. The zero-order valence-corrected chi connectivity index (χ0v) is 31.9. The maximum atomic E-state index is 12.6. The number of carbonyl (C=O) groups is 1. The van der Waals surface area contributed by atoms with Crippen molar-refractivity contribution in [2.45, 2.75) is 32.2 Å². The van der Waals surface area contributed by atoms with E-state index >= 15 is 0 Å². The van der Waals surface area contributed by atoms with Crippen LogP contribution in [0.4, 0.5) is 22.0 Å². The fourth-order valence-corrected chi connectivity index (χ4v) is 6.90. The molecular weight excluding hydrogens is 715 g/mol. The average Bonchev–Trinajstić information content (AvgIpc) is 3.18. The fraction of sp³-hybridized carbons (Fsp3) is 0.462. The normalized spacial score (nSPS) is 15.7. The average molecular weight is 766 g/mol. The Balaban J connectivity index is 0.925. The molecule has 1 aromatic heterocycles. The number of carbonyl (C=O) groups excluding carboxylic acids is 1. The Morgan fingerprint density at radius 3 is 2.25 bits per heavy atom. The predicted octanol–water partition coefficient (Wildman–Crippen LogP) is 7.09. The number of piperazine rings is 1. The number of urea groups is 1. The molecule has 3 N–H and O–H groups in total. The summed E-state index contributed by atoms with van der Waals surface area (Å²) in [5.74, 6) is 1.99. The second-order valence-electron chi connectivity index (χ2n) is 13.4. The third kappa shape index (κ3) is 11.8. The summed E-state index contributed by atoms with van der Waals surface area (Å²) in [7, 11) is 1.64. The van der Waals surface area contributed by atoms with Gasteiger partial charge in [-0.25, -0.2) is 14.8 Å². The Kier molecular flexibility index (Phi) is 14.6. The molecule has 4 aromatic rings. The Labute approximate surface area is 322 Å². The number of halogens is 2. The van der Waals surface area contributed by atoms with Gasteiger partial charge in [0.15, 0.2) is 11.5 Å². The highest BCUT2D eigenvalue weighted by molar-refractivity contribution is 6.42. The quantitative estimate of drug-likeness (QED) is 0.0963. The number of fused-ring (bicyclic) bond motifs is 1.